The van der Waals surface area contributed by atoms with Crippen molar-refractivity contribution in [2.24, 2.45) is 0 Å². The minimum atomic E-state index is 0.112. The average molecular weight is 284 g/mol. The van der Waals surface area contributed by atoms with Crippen molar-refractivity contribution >= 4 is 34.1 Å². The van der Waals surface area contributed by atoms with Gasteiger partial charge in [-0.2, -0.15) is 16.1 Å². The van der Waals surface area contributed by atoms with Crippen molar-refractivity contribution in [2.45, 2.75) is 51.3 Å². The highest BCUT2D eigenvalue weighted by Gasteiger charge is 2.26. The predicted octanol–water partition coefficient (Wildman–Crippen LogP) is 3.74. The van der Waals surface area contributed by atoms with Gasteiger partial charge in [-0.3, -0.25) is 4.79 Å². The van der Waals surface area contributed by atoms with Crippen molar-refractivity contribution in [3.63, 3.8) is 0 Å². The molecule has 0 saturated heterocycles. The van der Waals surface area contributed by atoms with Crippen LogP contribution in [0.4, 0.5) is 5.00 Å². The number of Topliss-reactive ketones (excluding diaryl/α,β-unsaturated/α-hetero) is 1. The molecule has 100 valence electrons. The zero-order valence-electron chi connectivity index (χ0n) is 11.2. The zero-order valence-corrected chi connectivity index (χ0v) is 12.8. The Morgan fingerprint density at radius 3 is 3.00 bits per heavy atom. The van der Waals surface area contributed by atoms with Crippen LogP contribution in [0, 0.1) is 6.92 Å². The van der Waals surface area contributed by atoms with E-state index in [1.54, 1.807) is 6.92 Å². The molecular formula is C13H20N2OS2. The van der Waals surface area contributed by atoms with E-state index in [2.05, 4.69) is 16.6 Å². The van der Waals surface area contributed by atoms with Gasteiger partial charge >= 0.3 is 0 Å². The molecule has 2 atom stereocenters. The summed E-state index contributed by atoms with van der Waals surface area (Å²) in [5.74, 6) is 1.30. The van der Waals surface area contributed by atoms with E-state index in [4.69, 9.17) is 0 Å². The highest BCUT2D eigenvalue weighted by atomic mass is 32.2. The third-order valence-corrected chi connectivity index (χ3v) is 5.44. The average Bonchev–Trinajstić information content (AvgIpc) is 2.87. The van der Waals surface area contributed by atoms with Crippen molar-refractivity contribution in [3.05, 3.63) is 11.3 Å². The molecule has 5 heteroatoms. The summed E-state index contributed by atoms with van der Waals surface area (Å²) >= 11 is 3.47. The second-order valence-electron chi connectivity index (χ2n) is 4.76. The number of hydrogen-bond donors (Lipinski definition) is 1. The molecule has 0 amide bonds. The minimum absolute atomic E-state index is 0.112. The maximum atomic E-state index is 11.6. The molecule has 2 unspecified atom stereocenters. The quantitative estimate of drug-likeness (QED) is 0.836. The predicted molar refractivity (Wildman–Crippen MR) is 80.0 cm³/mol. The lowest BCUT2D eigenvalue weighted by Crippen LogP contribution is -2.16. The molecular weight excluding hydrogens is 264 g/mol. The number of ketones is 1. The molecule has 1 saturated carbocycles. The maximum absolute atomic E-state index is 11.6. The third kappa shape index (κ3) is 3.06. The van der Waals surface area contributed by atoms with Crippen molar-refractivity contribution in [2.75, 3.05) is 11.1 Å². The molecule has 1 aliphatic carbocycles. The Morgan fingerprint density at radius 2 is 2.33 bits per heavy atom. The van der Waals surface area contributed by atoms with Gasteiger partial charge in [-0.05, 0) is 50.4 Å². The Balaban J connectivity index is 2.00. The molecule has 1 fully saturated rings. The van der Waals surface area contributed by atoms with Crippen LogP contribution in [0.2, 0.25) is 0 Å². The van der Waals surface area contributed by atoms with Gasteiger partial charge in [0.2, 0.25) is 0 Å². The lowest BCUT2D eigenvalue weighted by molar-refractivity contribution is 0.101. The van der Waals surface area contributed by atoms with Crippen LogP contribution in [-0.4, -0.2) is 27.2 Å². The molecule has 0 radical (unpaired) electrons. The Labute approximate surface area is 117 Å². The molecule has 2 rings (SSSR count). The van der Waals surface area contributed by atoms with Gasteiger partial charge < -0.3 is 5.32 Å². The fraction of sp³-hybridized carbons (Fsp3) is 0.692. The minimum Gasteiger partial charge on any atom is -0.372 e. The molecule has 0 bridgehead atoms. The van der Waals surface area contributed by atoms with E-state index in [0.717, 1.165) is 21.5 Å². The number of nitrogens with one attached hydrogen (secondary N) is 1. The number of nitrogens with zero attached hydrogens (tertiary/aromatic N) is 1. The normalized spacial score (nSPS) is 23.3. The van der Waals surface area contributed by atoms with E-state index in [1.807, 2.05) is 18.7 Å². The smallest absolute Gasteiger partial charge is 0.164 e. The van der Waals surface area contributed by atoms with Gasteiger partial charge in [0, 0.05) is 11.3 Å². The van der Waals surface area contributed by atoms with E-state index in [-0.39, 0.29) is 5.78 Å². The molecule has 1 aromatic rings. The summed E-state index contributed by atoms with van der Waals surface area (Å²) in [6.07, 6.45) is 3.68. The molecule has 1 heterocycles. The first kappa shape index (κ1) is 13.9. The fourth-order valence-electron chi connectivity index (χ4n) is 2.53. The van der Waals surface area contributed by atoms with Gasteiger partial charge in [0.15, 0.2) is 5.78 Å². The summed E-state index contributed by atoms with van der Waals surface area (Å²) in [5.41, 5.74) is 1.64. The Bertz CT molecular complexity index is 431. The number of carbonyl (C=O) groups is 1. The van der Waals surface area contributed by atoms with Crippen LogP contribution in [0.3, 0.4) is 0 Å². The lowest BCUT2D eigenvalue weighted by atomic mass is 10.1. The van der Waals surface area contributed by atoms with Crippen LogP contribution >= 0.6 is 23.3 Å². The van der Waals surface area contributed by atoms with Gasteiger partial charge in [0.25, 0.3) is 0 Å². The van der Waals surface area contributed by atoms with Crippen molar-refractivity contribution in [3.8, 4) is 0 Å². The van der Waals surface area contributed by atoms with Crippen LogP contribution in [0.25, 0.3) is 0 Å². The number of aryl methyl sites for hydroxylation is 1. The number of hydrogen-bond acceptors (Lipinski definition) is 5. The van der Waals surface area contributed by atoms with E-state index >= 15 is 0 Å². The second kappa shape index (κ2) is 6.06. The molecule has 3 nitrogen and oxygen atoms in total. The van der Waals surface area contributed by atoms with Gasteiger partial charge in [0.05, 0.1) is 11.3 Å². The zero-order chi connectivity index (χ0) is 13.1. The SMILES string of the molecule is CCSC1CCC(Nc2snc(C)c2C(C)=O)C1. The summed E-state index contributed by atoms with van der Waals surface area (Å²) in [7, 11) is 0. The Morgan fingerprint density at radius 1 is 1.56 bits per heavy atom. The lowest BCUT2D eigenvalue weighted by Gasteiger charge is -2.13. The first-order valence-electron chi connectivity index (χ1n) is 6.47. The Kier molecular flexibility index (Phi) is 4.67. The number of carbonyl (C=O) groups excluding carboxylic acids is 1. The first-order valence-corrected chi connectivity index (χ1v) is 8.29. The monoisotopic (exact) mass is 284 g/mol. The summed E-state index contributed by atoms with van der Waals surface area (Å²) in [6, 6.07) is 0.506. The molecule has 0 spiro atoms. The highest BCUT2D eigenvalue weighted by Crippen LogP contribution is 2.34. The maximum Gasteiger partial charge on any atom is 0.164 e. The number of thioether (sulfide) groups is 1. The van der Waals surface area contributed by atoms with Gasteiger partial charge in [-0.15, -0.1) is 0 Å². The van der Waals surface area contributed by atoms with Crippen LogP contribution in [0.5, 0.6) is 0 Å². The first-order chi connectivity index (χ1) is 8.61. The molecule has 1 aromatic heterocycles. The largest absolute Gasteiger partial charge is 0.372 e. The number of aromatic nitrogens is 1. The van der Waals surface area contributed by atoms with E-state index in [0.29, 0.717) is 6.04 Å². The van der Waals surface area contributed by atoms with Crippen LogP contribution in [0.15, 0.2) is 0 Å². The molecule has 18 heavy (non-hydrogen) atoms. The fourth-order valence-corrected chi connectivity index (χ4v) is 4.59. The van der Waals surface area contributed by atoms with Crippen LogP contribution in [-0.2, 0) is 0 Å². The Hall–Kier alpha value is -0.550. The van der Waals surface area contributed by atoms with Crippen molar-refractivity contribution in [1.29, 1.82) is 0 Å². The standard InChI is InChI=1S/C13H20N2OS2/c1-4-17-11-6-5-10(7-11)14-13-12(9(3)16)8(2)15-18-13/h10-11,14H,4-7H2,1-3H3. The van der Waals surface area contributed by atoms with E-state index in [9.17, 15) is 4.79 Å². The van der Waals surface area contributed by atoms with Gasteiger partial charge in [0.1, 0.15) is 5.00 Å². The molecule has 0 aliphatic heterocycles. The summed E-state index contributed by atoms with van der Waals surface area (Å²) < 4.78 is 4.29. The van der Waals surface area contributed by atoms with E-state index < -0.39 is 0 Å². The van der Waals surface area contributed by atoms with Gasteiger partial charge in [-0.25, -0.2) is 0 Å². The summed E-state index contributed by atoms with van der Waals surface area (Å²) in [5, 5.41) is 5.27. The van der Waals surface area contributed by atoms with Gasteiger partial charge in [-0.1, -0.05) is 6.92 Å². The van der Waals surface area contributed by atoms with Crippen molar-refractivity contribution < 1.29 is 4.79 Å². The number of anilines is 1. The van der Waals surface area contributed by atoms with Crippen LogP contribution < -0.4 is 5.32 Å². The molecule has 0 aromatic carbocycles. The second-order valence-corrected chi connectivity index (χ2v) is 7.11. The summed E-state index contributed by atoms with van der Waals surface area (Å²) in [4.78, 5) is 11.6. The van der Waals surface area contributed by atoms with Crippen molar-refractivity contribution in [1.82, 2.24) is 4.37 Å². The van der Waals surface area contributed by atoms with E-state index in [1.165, 1.54) is 36.5 Å². The molecule has 1 N–H and O–H groups in total. The summed E-state index contributed by atoms with van der Waals surface area (Å²) in [6.45, 7) is 5.74. The number of rotatable bonds is 5. The highest BCUT2D eigenvalue weighted by molar-refractivity contribution is 7.99. The van der Waals surface area contributed by atoms with Crippen LogP contribution in [0.1, 0.15) is 49.2 Å². The topological polar surface area (TPSA) is 42.0 Å². The third-order valence-electron chi connectivity index (χ3n) is 3.34. The molecule has 1 aliphatic rings.